The average Bonchev–Trinajstić information content (AvgIpc) is 1.89. The summed E-state index contributed by atoms with van der Waals surface area (Å²) in [6.45, 7) is 5.40. The van der Waals surface area contributed by atoms with Crippen LogP contribution in [0.5, 0.6) is 0 Å². The smallest absolute Gasteiger partial charge is 0.0228 e. The Hall–Kier alpha value is -1.02. The van der Waals surface area contributed by atoms with Gasteiger partial charge in [0.25, 0.3) is 0 Å². The van der Waals surface area contributed by atoms with Crippen molar-refractivity contribution in [3.63, 3.8) is 0 Å². The Kier molecular flexibility index (Phi) is 4.54. The number of nitrogens with two attached hydrogens (primary N) is 1. The molecule has 3 N–H and O–H groups in total. The van der Waals surface area contributed by atoms with Crippen LogP contribution >= 0.6 is 0 Å². The van der Waals surface area contributed by atoms with Crippen molar-refractivity contribution in [2.24, 2.45) is 5.84 Å². The molecule has 9 heavy (non-hydrogen) atoms. The Morgan fingerprint density at radius 2 is 2.22 bits per heavy atom. The Labute approximate surface area is 55.7 Å². The lowest BCUT2D eigenvalue weighted by atomic mass is 10.4. The predicted molar refractivity (Wildman–Crippen MR) is 40.4 cm³/mol. The first-order valence-corrected chi connectivity index (χ1v) is 2.74. The maximum atomic E-state index is 5.08. The molecule has 0 atom stereocenters. The summed E-state index contributed by atoms with van der Waals surface area (Å²) in [5.74, 6) is 5.08. The van der Waals surface area contributed by atoms with Crippen molar-refractivity contribution >= 4 is 0 Å². The molecule has 50 valence electrons. The van der Waals surface area contributed by atoms with E-state index < -0.39 is 0 Å². The molecular formula is C7H12N2. The van der Waals surface area contributed by atoms with Crippen LogP contribution in [0.1, 0.15) is 6.92 Å². The molecule has 0 saturated heterocycles. The fourth-order valence-corrected chi connectivity index (χ4v) is 0.327. The quantitative estimate of drug-likeness (QED) is 0.336. The molecule has 0 heterocycles. The highest BCUT2D eigenvalue weighted by Crippen LogP contribution is 1.83. The summed E-state index contributed by atoms with van der Waals surface area (Å²) < 4.78 is 0. The molecule has 0 aromatic heterocycles. The van der Waals surface area contributed by atoms with E-state index in [-0.39, 0.29) is 0 Å². The van der Waals surface area contributed by atoms with E-state index in [1.165, 1.54) is 0 Å². The standard InChI is InChI=1S/C7H12N2/c1-3-4-5-6-7(2)9-8/h3-6,9H,1,8H2,2H3/b5-4-,7-6+. The van der Waals surface area contributed by atoms with Gasteiger partial charge in [-0.25, -0.2) is 0 Å². The van der Waals surface area contributed by atoms with E-state index in [9.17, 15) is 0 Å². The highest BCUT2D eigenvalue weighted by Gasteiger charge is 1.73. The molecule has 0 aliphatic heterocycles. The maximum Gasteiger partial charge on any atom is 0.0228 e. The van der Waals surface area contributed by atoms with Gasteiger partial charge in [-0.2, -0.15) is 0 Å². The van der Waals surface area contributed by atoms with E-state index in [0.29, 0.717) is 0 Å². The number of allylic oxidation sites excluding steroid dienone is 5. The number of hydrazine groups is 1. The van der Waals surface area contributed by atoms with Crippen LogP contribution in [0.3, 0.4) is 0 Å². The zero-order valence-electron chi connectivity index (χ0n) is 5.59. The molecule has 0 bridgehead atoms. The summed E-state index contributed by atoms with van der Waals surface area (Å²) in [6.07, 6.45) is 7.27. The molecule has 0 aliphatic rings. The Morgan fingerprint density at radius 3 is 2.67 bits per heavy atom. The summed E-state index contributed by atoms with van der Waals surface area (Å²) in [5.41, 5.74) is 3.42. The zero-order valence-corrected chi connectivity index (χ0v) is 5.59. The molecular weight excluding hydrogens is 112 g/mol. The van der Waals surface area contributed by atoms with Crippen molar-refractivity contribution in [1.82, 2.24) is 5.43 Å². The molecule has 0 aromatic rings. The van der Waals surface area contributed by atoms with Gasteiger partial charge < -0.3 is 5.43 Å². The third-order valence-corrected chi connectivity index (χ3v) is 0.821. The first kappa shape index (κ1) is 7.98. The van der Waals surface area contributed by atoms with Crippen molar-refractivity contribution in [1.29, 1.82) is 0 Å². The molecule has 0 radical (unpaired) electrons. The molecule has 0 saturated carbocycles. The van der Waals surface area contributed by atoms with Gasteiger partial charge in [0, 0.05) is 5.70 Å². The monoisotopic (exact) mass is 124 g/mol. The van der Waals surface area contributed by atoms with E-state index in [1.807, 2.05) is 25.2 Å². The van der Waals surface area contributed by atoms with Crippen LogP contribution in [0.4, 0.5) is 0 Å². The summed E-state index contributed by atoms with van der Waals surface area (Å²) in [5, 5.41) is 0. The van der Waals surface area contributed by atoms with Gasteiger partial charge in [0.1, 0.15) is 0 Å². The van der Waals surface area contributed by atoms with Gasteiger partial charge in [0.15, 0.2) is 0 Å². The molecule has 0 aromatic carbocycles. The Balaban J connectivity index is 3.67. The minimum atomic E-state index is 0.924. The van der Waals surface area contributed by atoms with Crippen LogP contribution in [0, 0.1) is 0 Å². The van der Waals surface area contributed by atoms with Gasteiger partial charge in [-0.1, -0.05) is 24.8 Å². The van der Waals surface area contributed by atoms with E-state index in [4.69, 9.17) is 5.84 Å². The largest absolute Gasteiger partial charge is 0.329 e. The van der Waals surface area contributed by atoms with Gasteiger partial charge in [0.05, 0.1) is 0 Å². The first-order valence-electron chi connectivity index (χ1n) is 2.74. The van der Waals surface area contributed by atoms with Crippen LogP contribution in [0.25, 0.3) is 0 Å². The lowest BCUT2D eigenvalue weighted by Crippen LogP contribution is -2.18. The Morgan fingerprint density at radius 1 is 1.56 bits per heavy atom. The number of hydrogen-bond donors (Lipinski definition) is 2. The third-order valence-electron chi connectivity index (χ3n) is 0.821. The SMILES string of the molecule is C=C/C=C\C=C(/C)NN. The van der Waals surface area contributed by atoms with Gasteiger partial charge in [0.2, 0.25) is 0 Å². The minimum Gasteiger partial charge on any atom is -0.329 e. The highest BCUT2D eigenvalue weighted by molar-refractivity contribution is 5.12. The summed E-state index contributed by atoms with van der Waals surface area (Å²) >= 11 is 0. The second kappa shape index (κ2) is 5.12. The van der Waals surface area contributed by atoms with Crippen molar-refractivity contribution < 1.29 is 0 Å². The number of rotatable bonds is 3. The van der Waals surface area contributed by atoms with Gasteiger partial charge >= 0.3 is 0 Å². The topological polar surface area (TPSA) is 38.0 Å². The Bertz CT molecular complexity index is 134. The van der Waals surface area contributed by atoms with Crippen LogP contribution in [0.15, 0.2) is 36.6 Å². The normalized spacial score (nSPS) is 12.0. The number of hydrogen-bond acceptors (Lipinski definition) is 2. The van der Waals surface area contributed by atoms with Crippen molar-refractivity contribution in [3.8, 4) is 0 Å². The molecule has 2 nitrogen and oxygen atoms in total. The predicted octanol–water partition coefficient (Wildman–Crippen LogP) is 1.10. The lowest BCUT2D eigenvalue weighted by Gasteiger charge is -1.92. The molecule has 0 fully saturated rings. The fraction of sp³-hybridized carbons (Fsp3) is 0.143. The summed E-state index contributed by atoms with van der Waals surface area (Å²) in [7, 11) is 0. The van der Waals surface area contributed by atoms with Gasteiger partial charge in [-0.15, -0.1) is 0 Å². The van der Waals surface area contributed by atoms with Gasteiger partial charge in [-0.3, -0.25) is 5.84 Å². The lowest BCUT2D eigenvalue weighted by molar-refractivity contribution is 0.886. The van der Waals surface area contributed by atoms with Crippen molar-refractivity contribution in [3.05, 3.63) is 36.6 Å². The summed E-state index contributed by atoms with van der Waals surface area (Å²) in [4.78, 5) is 0. The average molecular weight is 124 g/mol. The molecule has 0 spiro atoms. The first-order chi connectivity index (χ1) is 4.31. The van der Waals surface area contributed by atoms with Crippen LogP contribution in [0.2, 0.25) is 0 Å². The molecule has 0 amide bonds. The number of nitrogens with one attached hydrogen (secondary N) is 1. The van der Waals surface area contributed by atoms with E-state index in [2.05, 4.69) is 12.0 Å². The molecule has 0 rings (SSSR count). The summed E-state index contributed by atoms with van der Waals surface area (Å²) in [6, 6.07) is 0. The van der Waals surface area contributed by atoms with Crippen molar-refractivity contribution in [2.45, 2.75) is 6.92 Å². The maximum absolute atomic E-state index is 5.08. The van der Waals surface area contributed by atoms with E-state index in [0.717, 1.165) is 5.70 Å². The van der Waals surface area contributed by atoms with E-state index >= 15 is 0 Å². The minimum absolute atomic E-state index is 0.924. The van der Waals surface area contributed by atoms with E-state index in [1.54, 1.807) is 6.08 Å². The van der Waals surface area contributed by atoms with Crippen LogP contribution < -0.4 is 11.3 Å². The zero-order chi connectivity index (χ0) is 7.11. The second-order valence-corrected chi connectivity index (χ2v) is 1.61. The highest BCUT2D eigenvalue weighted by atomic mass is 15.2. The fourth-order valence-electron chi connectivity index (χ4n) is 0.327. The molecule has 2 heteroatoms. The molecule has 0 unspecified atom stereocenters. The third kappa shape index (κ3) is 4.84. The van der Waals surface area contributed by atoms with Crippen LogP contribution in [-0.4, -0.2) is 0 Å². The van der Waals surface area contributed by atoms with Gasteiger partial charge in [-0.05, 0) is 13.0 Å². The molecule has 0 aliphatic carbocycles. The van der Waals surface area contributed by atoms with Crippen LogP contribution in [-0.2, 0) is 0 Å². The second-order valence-electron chi connectivity index (χ2n) is 1.61. The van der Waals surface area contributed by atoms with Crippen molar-refractivity contribution in [2.75, 3.05) is 0 Å².